The van der Waals surface area contributed by atoms with Crippen LogP contribution in [0.2, 0.25) is 0 Å². The van der Waals surface area contributed by atoms with Crippen molar-refractivity contribution in [3.05, 3.63) is 24.2 Å². The molecule has 0 saturated heterocycles. The lowest BCUT2D eigenvalue weighted by Gasteiger charge is -2.02. The Morgan fingerprint density at radius 1 is 1.53 bits per heavy atom. The zero-order valence-electron chi connectivity index (χ0n) is 8.68. The molecule has 5 nitrogen and oxygen atoms in total. The SMILES string of the molecule is Cn1c(COCCN)nc2cccnc21. The van der Waals surface area contributed by atoms with Crippen LogP contribution < -0.4 is 5.73 Å². The van der Waals surface area contributed by atoms with Gasteiger partial charge in [-0.05, 0) is 12.1 Å². The van der Waals surface area contributed by atoms with Gasteiger partial charge in [-0.15, -0.1) is 0 Å². The number of rotatable bonds is 4. The number of imidazole rings is 1. The Kier molecular flexibility index (Phi) is 2.94. The third kappa shape index (κ3) is 1.98. The number of hydrogen-bond acceptors (Lipinski definition) is 4. The van der Waals surface area contributed by atoms with E-state index in [-0.39, 0.29) is 0 Å². The predicted octanol–water partition coefficient (Wildman–Crippen LogP) is 0.444. The molecule has 0 aliphatic heterocycles. The maximum Gasteiger partial charge on any atom is 0.159 e. The summed E-state index contributed by atoms with van der Waals surface area (Å²) in [7, 11) is 1.93. The van der Waals surface area contributed by atoms with E-state index in [4.69, 9.17) is 10.5 Å². The summed E-state index contributed by atoms with van der Waals surface area (Å²) in [5.41, 5.74) is 7.11. The molecular formula is C10H14N4O. The molecule has 0 atom stereocenters. The summed E-state index contributed by atoms with van der Waals surface area (Å²) in [5.74, 6) is 0.872. The lowest BCUT2D eigenvalue weighted by molar-refractivity contribution is 0.121. The van der Waals surface area contributed by atoms with E-state index < -0.39 is 0 Å². The van der Waals surface area contributed by atoms with Crippen molar-refractivity contribution in [1.82, 2.24) is 14.5 Å². The molecule has 2 N–H and O–H groups in total. The predicted molar refractivity (Wildman–Crippen MR) is 57.2 cm³/mol. The highest BCUT2D eigenvalue weighted by atomic mass is 16.5. The van der Waals surface area contributed by atoms with Gasteiger partial charge in [0, 0.05) is 19.8 Å². The van der Waals surface area contributed by atoms with Gasteiger partial charge in [-0.25, -0.2) is 9.97 Å². The average Bonchev–Trinajstić information content (AvgIpc) is 2.57. The molecule has 0 aliphatic carbocycles. The Morgan fingerprint density at radius 3 is 3.13 bits per heavy atom. The quantitative estimate of drug-likeness (QED) is 0.737. The van der Waals surface area contributed by atoms with E-state index in [0.29, 0.717) is 19.8 Å². The molecule has 0 saturated carbocycles. The zero-order valence-corrected chi connectivity index (χ0v) is 8.68. The Labute approximate surface area is 87.9 Å². The van der Waals surface area contributed by atoms with E-state index in [2.05, 4.69) is 9.97 Å². The van der Waals surface area contributed by atoms with E-state index in [1.165, 1.54) is 0 Å². The van der Waals surface area contributed by atoms with Crippen molar-refractivity contribution in [1.29, 1.82) is 0 Å². The maximum absolute atomic E-state index is 5.34. The zero-order chi connectivity index (χ0) is 10.7. The first kappa shape index (κ1) is 10.1. The minimum atomic E-state index is 0.476. The molecule has 0 bridgehead atoms. The molecule has 80 valence electrons. The van der Waals surface area contributed by atoms with Crippen LogP contribution in [0.3, 0.4) is 0 Å². The highest BCUT2D eigenvalue weighted by molar-refractivity contribution is 5.70. The van der Waals surface area contributed by atoms with E-state index >= 15 is 0 Å². The summed E-state index contributed by atoms with van der Waals surface area (Å²) in [6, 6.07) is 3.81. The van der Waals surface area contributed by atoms with Crippen LogP contribution in [0.4, 0.5) is 0 Å². The average molecular weight is 206 g/mol. The summed E-state index contributed by atoms with van der Waals surface area (Å²) < 4.78 is 7.28. The molecule has 0 aromatic carbocycles. The van der Waals surface area contributed by atoms with Gasteiger partial charge in [0.2, 0.25) is 0 Å². The molecule has 2 rings (SSSR count). The molecule has 0 spiro atoms. The summed E-state index contributed by atoms with van der Waals surface area (Å²) >= 11 is 0. The Balaban J connectivity index is 2.24. The molecule has 0 unspecified atom stereocenters. The fourth-order valence-electron chi connectivity index (χ4n) is 1.45. The van der Waals surface area contributed by atoms with Crippen LogP contribution in [0.25, 0.3) is 11.2 Å². The van der Waals surface area contributed by atoms with Gasteiger partial charge in [-0.3, -0.25) is 0 Å². The van der Waals surface area contributed by atoms with Gasteiger partial charge in [-0.2, -0.15) is 0 Å². The minimum absolute atomic E-state index is 0.476. The topological polar surface area (TPSA) is 66.0 Å². The second-order valence-corrected chi connectivity index (χ2v) is 3.27. The van der Waals surface area contributed by atoms with Gasteiger partial charge in [0.25, 0.3) is 0 Å². The van der Waals surface area contributed by atoms with E-state index in [0.717, 1.165) is 17.0 Å². The van der Waals surface area contributed by atoms with Crippen LogP contribution in [-0.2, 0) is 18.4 Å². The molecule has 0 fully saturated rings. The normalized spacial score (nSPS) is 11.1. The number of aryl methyl sites for hydroxylation is 1. The van der Waals surface area contributed by atoms with Gasteiger partial charge < -0.3 is 15.0 Å². The second-order valence-electron chi connectivity index (χ2n) is 3.27. The third-order valence-electron chi connectivity index (χ3n) is 2.21. The number of fused-ring (bicyclic) bond motifs is 1. The van der Waals surface area contributed by atoms with Gasteiger partial charge in [0.05, 0.1) is 6.61 Å². The van der Waals surface area contributed by atoms with Crippen LogP contribution >= 0.6 is 0 Å². The summed E-state index contributed by atoms with van der Waals surface area (Å²) in [4.78, 5) is 8.67. The van der Waals surface area contributed by atoms with Crippen molar-refractivity contribution >= 4 is 11.2 Å². The number of nitrogens with two attached hydrogens (primary N) is 1. The maximum atomic E-state index is 5.34. The van der Waals surface area contributed by atoms with Crippen molar-refractivity contribution in [2.75, 3.05) is 13.2 Å². The molecule has 0 radical (unpaired) electrons. The third-order valence-corrected chi connectivity index (χ3v) is 2.21. The summed E-state index contributed by atoms with van der Waals surface area (Å²) in [6.07, 6.45) is 1.76. The number of hydrogen-bond donors (Lipinski definition) is 1. The standard InChI is InChI=1S/C10H14N4O/c1-14-9(7-15-6-4-11)13-8-3-2-5-12-10(8)14/h2-3,5H,4,6-7,11H2,1H3. The van der Waals surface area contributed by atoms with E-state index in [1.54, 1.807) is 6.20 Å². The number of pyridine rings is 1. The minimum Gasteiger partial charge on any atom is -0.372 e. The first-order valence-electron chi connectivity index (χ1n) is 4.87. The highest BCUT2D eigenvalue weighted by Crippen LogP contribution is 2.11. The largest absolute Gasteiger partial charge is 0.372 e. The van der Waals surface area contributed by atoms with Gasteiger partial charge in [0.15, 0.2) is 5.65 Å². The van der Waals surface area contributed by atoms with E-state index in [1.807, 2.05) is 23.7 Å². The van der Waals surface area contributed by atoms with Gasteiger partial charge >= 0.3 is 0 Å². The molecular weight excluding hydrogens is 192 g/mol. The molecule has 2 heterocycles. The number of aromatic nitrogens is 3. The van der Waals surface area contributed by atoms with Crippen LogP contribution in [0, 0.1) is 0 Å². The van der Waals surface area contributed by atoms with Crippen molar-refractivity contribution in [2.45, 2.75) is 6.61 Å². The Morgan fingerprint density at radius 2 is 2.40 bits per heavy atom. The summed E-state index contributed by atoms with van der Waals surface area (Å²) in [6.45, 7) is 1.56. The van der Waals surface area contributed by atoms with Gasteiger partial charge in [0.1, 0.15) is 17.9 Å². The Hall–Kier alpha value is -1.46. The molecule has 2 aromatic rings. The van der Waals surface area contributed by atoms with E-state index in [9.17, 15) is 0 Å². The van der Waals surface area contributed by atoms with Crippen LogP contribution in [0.5, 0.6) is 0 Å². The van der Waals surface area contributed by atoms with Crippen LogP contribution in [0.15, 0.2) is 18.3 Å². The smallest absolute Gasteiger partial charge is 0.159 e. The van der Waals surface area contributed by atoms with Crippen molar-refractivity contribution in [2.24, 2.45) is 12.8 Å². The van der Waals surface area contributed by atoms with Crippen molar-refractivity contribution in [3.63, 3.8) is 0 Å². The molecule has 0 amide bonds. The fourth-order valence-corrected chi connectivity index (χ4v) is 1.45. The first-order chi connectivity index (χ1) is 7.33. The van der Waals surface area contributed by atoms with Crippen LogP contribution in [-0.4, -0.2) is 27.7 Å². The first-order valence-corrected chi connectivity index (χ1v) is 4.87. The highest BCUT2D eigenvalue weighted by Gasteiger charge is 2.07. The number of nitrogens with zero attached hydrogens (tertiary/aromatic N) is 3. The fraction of sp³-hybridized carbons (Fsp3) is 0.400. The van der Waals surface area contributed by atoms with Crippen molar-refractivity contribution < 1.29 is 4.74 Å². The molecule has 0 aliphatic rings. The lowest BCUT2D eigenvalue weighted by Crippen LogP contribution is -2.10. The lowest BCUT2D eigenvalue weighted by atomic mass is 10.4. The van der Waals surface area contributed by atoms with Gasteiger partial charge in [-0.1, -0.05) is 0 Å². The van der Waals surface area contributed by atoms with Crippen LogP contribution in [0.1, 0.15) is 5.82 Å². The summed E-state index contributed by atoms with van der Waals surface area (Å²) in [5, 5.41) is 0. The molecule has 5 heteroatoms. The molecule has 2 aromatic heterocycles. The second kappa shape index (κ2) is 4.37. The molecule has 15 heavy (non-hydrogen) atoms. The van der Waals surface area contributed by atoms with Crippen molar-refractivity contribution in [3.8, 4) is 0 Å². The Bertz CT molecular complexity index is 452. The number of ether oxygens (including phenoxy) is 1. The monoisotopic (exact) mass is 206 g/mol.